The lowest BCUT2D eigenvalue weighted by Crippen LogP contribution is -2.41. The van der Waals surface area contributed by atoms with Gasteiger partial charge in [-0.15, -0.1) is 0 Å². The number of likely N-dealkylation sites (tertiary alicyclic amines) is 1. The van der Waals surface area contributed by atoms with Crippen molar-refractivity contribution in [3.05, 3.63) is 36.4 Å². The van der Waals surface area contributed by atoms with E-state index in [0.29, 0.717) is 6.04 Å². The molecule has 0 aliphatic carbocycles. The minimum absolute atomic E-state index is 0.508. The third kappa shape index (κ3) is 3.19. The number of hydrogen-bond acceptors (Lipinski definition) is 5. The lowest BCUT2D eigenvalue weighted by atomic mass is 10.0. The molecule has 2 aromatic heterocycles. The zero-order valence-electron chi connectivity index (χ0n) is 11.8. The number of aromatic nitrogens is 5. The van der Waals surface area contributed by atoms with Crippen LogP contribution >= 0.6 is 0 Å². The van der Waals surface area contributed by atoms with E-state index in [1.165, 1.54) is 19.3 Å². The van der Waals surface area contributed by atoms with Crippen LogP contribution in [-0.4, -0.2) is 42.2 Å². The van der Waals surface area contributed by atoms with Gasteiger partial charge in [0.25, 0.3) is 0 Å². The molecule has 6 nitrogen and oxygen atoms in total. The van der Waals surface area contributed by atoms with E-state index in [-0.39, 0.29) is 0 Å². The summed E-state index contributed by atoms with van der Waals surface area (Å²) < 4.78 is 1.92. The number of rotatable bonds is 4. The summed E-state index contributed by atoms with van der Waals surface area (Å²) in [5.74, 6) is 0. The molecule has 1 aliphatic heterocycles. The first kappa shape index (κ1) is 13.2. The van der Waals surface area contributed by atoms with Gasteiger partial charge in [0.05, 0.1) is 17.9 Å². The van der Waals surface area contributed by atoms with Gasteiger partial charge in [0.15, 0.2) is 0 Å². The summed E-state index contributed by atoms with van der Waals surface area (Å²) in [4.78, 5) is 15.3. The lowest BCUT2D eigenvalue weighted by Gasteiger charge is -2.35. The molecule has 1 atom stereocenters. The predicted octanol–water partition coefficient (Wildman–Crippen LogP) is 1.43. The van der Waals surface area contributed by atoms with Crippen LogP contribution in [0.2, 0.25) is 0 Å². The normalized spacial score (nSPS) is 20.1. The fourth-order valence-electron chi connectivity index (χ4n) is 2.73. The summed E-state index contributed by atoms with van der Waals surface area (Å²) in [6, 6.07) is 0.508. The van der Waals surface area contributed by atoms with Gasteiger partial charge < -0.3 is 0 Å². The number of hydrogen-bond donors (Lipinski definition) is 0. The van der Waals surface area contributed by atoms with E-state index in [2.05, 4.69) is 25.0 Å². The quantitative estimate of drug-likeness (QED) is 0.842. The van der Waals surface area contributed by atoms with E-state index in [1.54, 1.807) is 12.7 Å². The fraction of sp³-hybridized carbons (Fsp3) is 0.571. The Labute approximate surface area is 118 Å². The molecule has 0 unspecified atom stereocenters. The molecule has 2 aromatic rings. The second-order valence-corrected chi connectivity index (χ2v) is 5.39. The molecule has 1 fully saturated rings. The largest absolute Gasteiger partial charge is 0.293 e. The molecule has 1 saturated heterocycles. The van der Waals surface area contributed by atoms with Crippen LogP contribution in [0.25, 0.3) is 0 Å². The molecular weight excluding hydrogens is 252 g/mol. The van der Waals surface area contributed by atoms with Crippen molar-refractivity contribution in [2.45, 2.75) is 45.3 Å². The molecule has 0 amide bonds. The predicted molar refractivity (Wildman–Crippen MR) is 74.8 cm³/mol. The van der Waals surface area contributed by atoms with Gasteiger partial charge in [-0.2, -0.15) is 5.10 Å². The van der Waals surface area contributed by atoms with Crippen molar-refractivity contribution in [3.63, 3.8) is 0 Å². The van der Waals surface area contributed by atoms with E-state index < -0.39 is 0 Å². The molecule has 3 heterocycles. The Morgan fingerprint density at radius 1 is 1.25 bits per heavy atom. The number of piperidine rings is 1. The second kappa shape index (κ2) is 6.09. The highest BCUT2D eigenvalue weighted by atomic mass is 15.3. The monoisotopic (exact) mass is 272 g/mol. The van der Waals surface area contributed by atoms with Crippen molar-refractivity contribution in [2.24, 2.45) is 0 Å². The zero-order valence-corrected chi connectivity index (χ0v) is 11.8. The molecular formula is C14H20N6. The van der Waals surface area contributed by atoms with Crippen molar-refractivity contribution in [3.8, 4) is 0 Å². The van der Waals surface area contributed by atoms with E-state index in [1.807, 2.05) is 24.0 Å². The van der Waals surface area contributed by atoms with Crippen LogP contribution in [-0.2, 0) is 13.1 Å². The maximum atomic E-state index is 4.46. The van der Waals surface area contributed by atoms with Crippen molar-refractivity contribution in [2.75, 3.05) is 6.54 Å². The molecule has 3 rings (SSSR count). The molecule has 0 saturated carbocycles. The van der Waals surface area contributed by atoms with Gasteiger partial charge in [-0.25, -0.2) is 4.98 Å². The molecule has 0 N–H and O–H groups in total. The third-order valence-electron chi connectivity index (χ3n) is 3.81. The molecule has 1 aliphatic rings. The smallest absolute Gasteiger partial charge is 0.137 e. The molecule has 0 aromatic carbocycles. The molecule has 0 bridgehead atoms. The summed E-state index contributed by atoms with van der Waals surface area (Å²) in [5.41, 5.74) is 2.01. The van der Waals surface area contributed by atoms with E-state index >= 15 is 0 Å². The summed E-state index contributed by atoms with van der Waals surface area (Å²) >= 11 is 0. The standard InChI is InChI=1S/C14H20N6/c1-12-6-17-13(7-16-12)8-19-5-3-2-4-14(19)9-20-11-15-10-18-20/h6-7,10-11,14H,2-5,8-9H2,1H3/t14-/m1/s1. The summed E-state index contributed by atoms with van der Waals surface area (Å²) in [6.45, 7) is 4.85. The SMILES string of the molecule is Cc1cnc(CN2CCCC[C@@H]2Cn2cncn2)cn1. The van der Waals surface area contributed by atoms with Gasteiger partial charge >= 0.3 is 0 Å². The van der Waals surface area contributed by atoms with Crippen LogP contribution in [0.4, 0.5) is 0 Å². The average molecular weight is 272 g/mol. The first-order valence-corrected chi connectivity index (χ1v) is 7.15. The van der Waals surface area contributed by atoms with E-state index in [4.69, 9.17) is 0 Å². The summed E-state index contributed by atoms with van der Waals surface area (Å²) in [6.07, 6.45) is 10.9. The van der Waals surface area contributed by atoms with Crippen LogP contribution < -0.4 is 0 Å². The van der Waals surface area contributed by atoms with Gasteiger partial charge in [-0.3, -0.25) is 19.5 Å². The summed E-state index contributed by atoms with van der Waals surface area (Å²) in [5, 5.41) is 4.21. The Bertz CT molecular complexity index is 521. The Hall–Kier alpha value is -1.82. The molecule has 106 valence electrons. The maximum Gasteiger partial charge on any atom is 0.137 e. The second-order valence-electron chi connectivity index (χ2n) is 5.39. The lowest BCUT2D eigenvalue weighted by molar-refractivity contribution is 0.120. The number of nitrogens with zero attached hydrogens (tertiary/aromatic N) is 6. The third-order valence-corrected chi connectivity index (χ3v) is 3.81. The first-order chi connectivity index (χ1) is 9.81. The van der Waals surface area contributed by atoms with Gasteiger partial charge in [0.2, 0.25) is 0 Å². The molecule has 6 heteroatoms. The fourth-order valence-corrected chi connectivity index (χ4v) is 2.73. The molecule has 20 heavy (non-hydrogen) atoms. The number of aryl methyl sites for hydroxylation is 1. The van der Waals surface area contributed by atoms with Crippen LogP contribution in [0.1, 0.15) is 30.7 Å². The molecule has 0 spiro atoms. The molecule has 0 radical (unpaired) electrons. The van der Waals surface area contributed by atoms with Gasteiger partial charge in [-0.05, 0) is 26.3 Å². The van der Waals surface area contributed by atoms with Crippen LogP contribution in [0.3, 0.4) is 0 Å². The first-order valence-electron chi connectivity index (χ1n) is 7.15. The van der Waals surface area contributed by atoms with Crippen molar-refractivity contribution in [1.29, 1.82) is 0 Å². The Morgan fingerprint density at radius 3 is 2.95 bits per heavy atom. The minimum Gasteiger partial charge on any atom is -0.293 e. The maximum absolute atomic E-state index is 4.46. The average Bonchev–Trinajstić information content (AvgIpc) is 2.96. The van der Waals surface area contributed by atoms with Crippen LogP contribution in [0.5, 0.6) is 0 Å². The van der Waals surface area contributed by atoms with Crippen LogP contribution in [0.15, 0.2) is 25.0 Å². The van der Waals surface area contributed by atoms with Crippen molar-refractivity contribution < 1.29 is 0 Å². The van der Waals surface area contributed by atoms with Gasteiger partial charge in [0.1, 0.15) is 12.7 Å². The van der Waals surface area contributed by atoms with E-state index in [9.17, 15) is 0 Å². The van der Waals surface area contributed by atoms with Gasteiger partial charge in [0, 0.05) is 25.0 Å². The highest BCUT2D eigenvalue weighted by Crippen LogP contribution is 2.20. The summed E-state index contributed by atoms with van der Waals surface area (Å²) in [7, 11) is 0. The topological polar surface area (TPSA) is 59.7 Å². The highest BCUT2D eigenvalue weighted by Gasteiger charge is 2.23. The van der Waals surface area contributed by atoms with Crippen molar-refractivity contribution >= 4 is 0 Å². The minimum atomic E-state index is 0.508. The van der Waals surface area contributed by atoms with Crippen molar-refractivity contribution in [1.82, 2.24) is 29.6 Å². The Balaban J connectivity index is 1.67. The Morgan fingerprint density at radius 2 is 2.20 bits per heavy atom. The zero-order chi connectivity index (χ0) is 13.8. The van der Waals surface area contributed by atoms with E-state index in [0.717, 1.165) is 31.0 Å². The Kier molecular flexibility index (Phi) is 4.01. The van der Waals surface area contributed by atoms with Gasteiger partial charge in [-0.1, -0.05) is 6.42 Å². The highest BCUT2D eigenvalue weighted by molar-refractivity contribution is 5.01. The van der Waals surface area contributed by atoms with Crippen LogP contribution in [0, 0.1) is 6.92 Å².